The SMILES string of the molecule is C/C=C/CCC1CC[C@@H]2CC([C@H]3CC[C@H](C(=O)Oc4cc(F)c(OC/C=C/C)c(F)c4)CC3)CC[C@H]2C1. The van der Waals surface area contributed by atoms with E-state index in [9.17, 15) is 13.6 Å². The summed E-state index contributed by atoms with van der Waals surface area (Å²) in [6.07, 6.45) is 22.5. The van der Waals surface area contributed by atoms with E-state index >= 15 is 0 Å². The first kappa shape index (κ1) is 27.9. The van der Waals surface area contributed by atoms with Crippen LogP contribution in [0.25, 0.3) is 0 Å². The second kappa shape index (κ2) is 13.6. The van der Waals surface area contributed by atoms with Crippen LogP contribution >= 0.6 is 0 Å². The third-order valence-electron chi connectivity index (χ3n) is 9.26. The van der Waals surface area contributed by atoms with Crippen LogP contribution in [0, 0.1) is 47.1 Å². The van der Waals surface area contributed by atoms with Gasteiger partial charge in [0.1, 0.15) is 12.4 Å². The topological polar surface area (TPSA) is 35.5 Å². The Bertz CT molecular complexity index is 924. The predicted molar refractivity (Wildman–Crippen MR) is 143 cm³/mol. The van der Waals surface area contributed by atoms with E-state index in [1.54, 1.807) is 19.1 Å². The van der Waals surface area contributed by atoms with Crippen molar-refractivity contribution in [2.45, 2.75) is 90.9 Å². The fourth-order valence-corrected chi connectivity index (χ4v) is 7.20. The number of rotatable bonds is 9. The summed E-state index contributed by atoms with van der Waals surface area (Å²) in [7, 11) is 0. The van der Waals surface area contributed by atoms with Crippen LogP contribution in [0.5, 0.6) is 11.5 Å². The van der Waals surface area contributed by atoms with Crippen LogP contribution in [0.2, 0.25) is 0 Å². The molecule has 4 rings (SSSR count). The average molecular weight is 515 g/mol. The molecule has 0 amide bonds. The third kappa shape index (κ3) is 7.45. The molecule has 0 radical (unpaired) electrons. The summed E-state index contributed by atoms with van der Waals surface area (Å²) in [5.74, 6) is 1.38. The largest absolute Gasteiger partial charge is 0.483 e. The van der Waals surface area contributed by atoms with Crippen molar-refractivity contribution in [1.29, 1.82) is 0 Å². The molecule has 0 aromatic heterocycles. The van der Waals surface area contributed by atoms with E-state index in [0.29, 0.717) is 5.92 Å². The Morgan fingerprint density at radius 2 is 1.43 bits per heavy atom. The van der Waals surface area contributed by atoms with Gasteiger partial charge >= 0.3 is 5.97 Å². The van der Waals surface area contributed by atoms with Crippen LogP contribution in [-0.4, -0.2) is 12.6 Å². The lowest BCUT2D eigenvalue weighted by Crippen LogP contribution is -2.35. The summed E-state index contributed by atoms with van der Waals surface area (Å²) < 4.78 is 39.2. The van der Waals surface area contributed by atoms with Gasteiger partial charge in [0, 0.05) is 12.1 Å². The number of ether oxygens (including phenoxy) is 2. The van der Waals surface area contributed by atoms with Crippen molar-refractivity contribution in [3.8, 4) is 11.5 Å². The van der Waals surface area contributed by atoms with Crippen LogP contribution in [0.1, 0.15) is 90.9 Å². The van der Waals surface area contributed by atoms with Gasteiger partial charge in [0.2, 0.25) is 0 Å². The summed E-state index contributed by atoms with van der Waals surface area (Å²) >= 11 is 0. The minimum Gasteiger partial charge on any atom is -0.483 e. The van der Waals surface area contributed by atoms with Crippen molar-refractivity contribution in [3.05, 3.63) is 48.1 Å². The van der Waals surface area contributed by atoms with Crippen molar-refractivity contribution < 1.29 is 23.0 Å². The summed E-state index contributed by atoms with van der Waals surface area (Å²) in [5, 5.41) is 0. The van der Waals surface area contributed by atoms with Crippen LogP contribution < -0.4 is 9.47 Å². The number of benzene rings is 1. The lowest BCUT2D eigenvalue weighted by Gasteiger charge is -2.45. The molecule has 37 heavy (non-hydrogen) atoms. The molecule has 0 N–H and O–H groups in total. The summed E-state index contributed by atoms with van der Waals surface area (Å²) in [5.41, 5.74) is 0. The fourth-order valence-electron chi connectivity index (χ4n) is 7.20. The molecule has 0 bridgehead atoms. The second-order valence-electron chi connectivity index (χ2n) is 11.5. The molecular formula is C32H44F2O3. The van der Waals surface area contributed by atoms with Gasteiger partial charge in [0.05, 0.1) is 5.92 Å². The highest BCUT2D eigenvalue weighted by Gasteiger charge is 2.39. The van der Waals surface area contributed by atoms with Gasteiger partial charge in [0.25, 0.3) is 0 Å². The Morgan fingerprint density at radius 3 is 2.11 bits per heavy atom. The molecule has 0 aliphatic heterocycles. The van der Waals surface area contributed by atoms with Gasteiger partial charge in [-0.1, -0.05) is 30.7 Å². The van der Waals surface area contributed by atoms with Gasteiger partial charge in [-0.25, -0.2) is 8.78 Å². The summed E-state index contributed by atoms with van der Waals surface area (Å²) in [6, 6.07) is 2.07. The van der Waals surface area contributed by atoms with E-state index in [0.717, 1.165) is 61.5 Å². The van der Waals surface area contributed by atoms with Crippen LogP contribution in [0.4, 0.5) is 8.78 Å². The van der Waals surface area contributed by atoms with Crippen molar-refractivity contribution in [1.82, 2.24) is 0 Å². The minimum atomic E-state index is -0.863. The number of fused-ring (bicyclic) bond motifs is 1. The first-order valence-electron chi connectivity index (χ1n) is 14.5. The number of carbonyl (C=O) groups excluding carboxylic acids is 1. The molecule has 204 valence electrons. The maximum atomic E-state index is 14.3. The molecule has 1 aromatic rings. The highest BCUT2D eigenvalue weighted by molar-refractivity contribution is 5.75. The van der Waals surface area contributed by atoms with Gasteiger partial charge in [-0.05, 0) is 114 Å². The molecule has 4 atom stereocenters. The molecule has 1 aromatic carbocycles. The molecule has 0 heterocycles. The molecule has 3 aliphatic rings. The zero-order valence-electron chi connectivity index (χ0n) is 22.6. The summed E-state index contributed by atoms with van der Waals surface area (Å²) in [4.78, 5) is 12.8. The highest BCUT2D eigenvalue weighted by Crippen LogP contribution is 2.49. The van der Waals surface area contributed by atoms with E-state index in [2.05, 4.69) is 19.1 Å². The van der Waals surface area contributed by atoms with E-state index in [1.165, 1.54) is 51.4 Å². The normalized spacial score (nSPS) is 30.4. The molecule has 3 saturated carbocycles. The zero-order chi connectivity index (χ0) is 26.2. The van der Waals surface area contributed by atoms with Crippen LogP contribution in [0.3, 0.4) is 0 Å². The molecule has 3 nitrogen and oxygen atoms in total. The Hall–Kier alpha value is -2.17. The van der Waals surface area contributed by atoms with Crippen molar-refractivity contribution in [2.24, 2.45) is 35.5 Å². The first-order valence-corrected chi connectivity index (χ1v) is 14.5. The maximum absolute atomic E-state index is 14.3. The Kier molecular flexibility index (Phi) is 10.2. The quantitative estimate of drug-likeness (QED) is 0.188. The average Bonchev–Trinajstić information content (AvgIpc) is 2.90. The number of esters is 1. The zero-order valence-corrected chi connectivity index (χ0v) is 22.6. The molecule has 0 spiro atoms. The molecular weight excluding hydrogens is 470 g/mol. The molecule has 3 fully saturated rings. The molecule has 3 aliphatic carbocycles. The molecule has 5 heteroatoms. The fraction of sp³-hybridized carbons (Fsp3) is 0.656. The molecule has 0 saturated heterocycles. The number of hydrogen-bond acceptors (Lipinski definition) is 3. The maximum Gasteiger partial charge on any atom is 0.314 e. The lowest BCUT2D eigenvalue weighted by atomic mass is 9.60. The lowest BCUT2D eigenvalue weighted by molar-refractivity contribution is -0.140. The monoisotopic (exact) mass is 514 g/mol. The van der Waals surface area contributed by atoms with E-state index < -0.39 is 17.4 Å². The second-order valence-corrected chi connectivity index (χ2v) is 11.5. The van der Waals surface area contributed by atoms with Gasteiger partial charge in [-0.15, -0.1) is 0 Å². The molecule has 2 unspecified atom stereocenters. The van der Waals surface area contributed by atoms with E-state index in [4.69, 9.17) is 9.47 Å². The minimum absolute atomic E-state index is 0.0759. The standard InChI is InChI=1S/C32H44F2O3/c1-3-5-7-8-22-9-10-27-19-26(16-15-25(27)18-22)23-11-13-24(14-12-23)32(35)37-28-20-29(33)31(30(34)21-28)36-17-6-4-2/h3-6,20-27H,7-19H2,1-2H3/b5-3+,6-4+/t22?,23-,24-,25-,26?,27+/m0/s1. The number of carbonyl (C=O) groups is 1. The Labute approximate surface area is 221 Å². The van der Waals surface area contributed by atoms with Gasteiger partial charge in [-0.2, -0.15) is 0 Å². The smallest absolute Gasteiger partial charge is 0.314 e. The highest BCUT2D eigenvalue weighted by atomic mass is 19.1. The first-order chi connectivity index (χ1) is 18.0. The van der Waals surface area contributed by atoms with Crippen molar-refractivity contribution >= 4 is 5.97 Å². The summed E-state index contributed by atoms with van der Waals surface area (Å²) in [6.45, 7) is 3.99. The van der Waals surface area contributed by atoms with Gasteiger partial charge in [0.15, 0.2) is 17.4 Å². The predicted octanol–water partition coefficient (Wildman–Crippen LogP) is 8.82. The van der Waals surface area contributed by atoms with E-state index in [-0.39, 0.29) is 24.2 Å². The van der Waals surface area contributed by atoms with Gasteiger partial charge in [-0.3, -0.25) is 4.79 Å². The van der Waals surface area contributed by atoms with Crippen molar-refractivity contribution in [2.75, 3.05) is 6.61 Å². The number of halogens is 2. The number of allylic oxidation sites excluding steroid dienone is 3. The third-order valence-corrected chi connectivity index (χ3v) is 9.26. The number of hydrogen-bond donors (Lipinski definition) is 0. The van der Waals surface area contributed by atoms with E-state index in [1.807, 2.05) is 0 Å². The Morgan fingerprint density at radius 1 is 0.838 bits per heavy atom. The van der Waals surface area contributed by atoms with Crippen LogP contribution in [-0.2, 0) is 4.79 Å². The van der Waals surface area contributed by atoms with Crippen molar-refractivity contribution in [3.63, 3.8) is 0 Å². The van der Waals surface area contributed by atoms with Gasteiger partial charge < -0.3 is 9.47 Å². The Balaban J connectivity index is 1.22. The van der Waals surface area contributed by atoms with Crippen LogP contribution in [0.15, 0.2) is 36.4 Å².